The van der Waals surface area contributed by atoms with Crippen LogP contribution in [0.5, 0.6) is 0 Å². The van der Waals surface area contributed by atoms with Gasteiger partial charge in [-0.25, -0.2) is 4.98 Å². The zero-order valence-corrected chi connectivity index (χ0v) is 11.9. The van der Waals surface area contributed by atoms with Crippen LogP contribution in [0, 0.1) is 5.92 Å². The van der Waals surface area contributed by atoms with Gasteiger partial charge in [0.15, 0.2) is 0 Å². The number of aromatic nitrogens is 2. The van der Waals surface area contributed by atoms with E-state index in [1.54, 1.807) is 0 Å². The van der Waals surface area contributed by atoms with Crippen LogP contribution in [0.15, 0.2) is 12.4 Å². The molecule has 3 unspecified atom stereocenters. The minimum absolute atomic E-state index is 0.345. The lowest BCUT2D eigenvalue weighted by Gasteiger charge is -2.39. The number of hydrogen-bond donors (Lipinski definition) is 2. The van der Waals surface area contributed by atoms with Crippen molar-refractivity contribution in [3.05, 3.63) is 18.2 Å². The molecule has 0 amide bonds. The van der Waals surface area contributed by atoms with Crippen LogP contribution in [-0.2, 0) is 13.5 Å². The number of rotatable bonds is 4. The first-order chi connectivity index (χ1) is 9.19. The van der Waals surface area contributed by atoms with Crippen molar-refractivity contribution >= 4 is 0 Å². The van der Waals surface area contributed by atoms with Crippen molar-refractivity contribution in [1.82, 2.24) is 19.9 Å². The van der Waals surface area contributed by atoms with E-state index in [9.17, 15) is 0 Å². The molecule has 2 aliphatic rings. The maximum absolute atomic E-state index is 5.82. The van der Waals surface area contributed by atoms with E-state index in [0.29, 0.717) is 12.0 Å². The van der Waals surface area contributed by atoms with E-state index in [2.05, 4.69) is 26.9 Å². The Bertz CT molecular complexity index is 415. The van der Waals surface area contributed by atoms with Crippen molar-refractivity contribution in [3.63, 3.8) is 0 Å². The van der Waals surface area contributed by atoms with Crippen LogP contribution >= 0.6 is 0 Å². The molecule has 1 aromatic rings. The van der Waals surface area contributed by atoms with Gasteiger partial charge in [-0.1, -0.05) is 0 Å². The predicted molar refractivity (Wildman–Crippen MR) is 75.3 cm³/mol. The molecule has 0 spiro atoms. The summed E-state index contributed by atoms with van der Waals surface area (Å²) < 4.78 is 2.09. The van der Waals surface area contributed by atoms with Crippen molar-refractivity contribution in [2.75, 3.05) is 7.05 Å². The van der Waals surface area contributed by atoms with Crippen LogP contribution in [0.25, 0.3) is 0 Å². The summed E-state index contributed by atoms with van der Waals surface area (Å²) in [5.41, 5.74) is 3.05. The summed E-state index contributed by atoms with van der Waals surface area (Å²) in [7, 11) is 4.33. The Morgan fingerprint density at radius 1 is 1.37 bits per heavy atom. The van der Waals surface area contributed by atoms with E-state index in [0.717, 1.165) is 24.3 Å². The van der Waals surface area contributed by atoms with E-state index in [1.807, 2.05) is 19.4 Å². The summed E-state index contributed by atoms with van der Waals surface area (Å²) in [6, 6.07) is 1.87. The second-order valence-corrected chi connectivity index (χ2v) is 6.21. The predicted octanol–water partition coefficient (Wildman–Crippen LogP) is 0.667. The molecule has 1 aromatic heterocycles. The number of hydrazine groups is 1. The molecule has 2 bridgehead atoms. The lowest BCUT2D eigenvalue weighted by Crippen LogP contribution is -2.50. The number of nitrogens with one attached hydrogen (secondary N) is 1. The van der Waals surface area contributed by atoms with Crippen LogP contribution < -0.4 is 11.3 Å². The first-order valence-corrected chi connectivity index (χ1v) is 7.33. The van der Waals surface area contributed by atoms with Gasteiger partial charge in [-0.05, 0) is 38.6 Å². The molecular formula is C14H25N5. The average Bonchev–Trinajstić information content (AvgIpc) is 2.87. The second kappa shape index (κ2) is 5.23. The molecule has 0 radical (unpaired) electrons. The first-order valence-electron chi connectivity index (χ1n) is 7.33. The second-order valence-electron chi connectivity index (χ2n) is 6.21. The number of nitrogens with zero attached hydrogens (tertiary/aromatic N) is 3. The van der Waals surface area contributed by atoms with Gasteiger partial charge in [-0.15, -0.1) is 0 Å². The van der Waals surface area contributed by atoms with Crippen molar-refractivity contribution in [1.29, 1.82) is 0 Å². The quantitative estimate of drug-likeness (QED) is 0.619. The summed E-state index contributed by atoms with van der Waals surface area (Å²) in [4.78, 5) is 7.00. The number of nitrogens with two attached hydrogens (primary N) is 1. The molecule has 3 atom stereocenters. The Morgan fingerprint density at radius 3 is 2.58 bits per heavy atom. The molecule has 3 N–H and O–H groups in total. The standard InChI is InChI=1S/C14H25N5/c1-18-6-5-16-14(18)9-13(17-15)10-7-11-3-4-12(8-10)19(11)2/h5-6,10-13,17H,3-4,7-9,15H2,1-2H3. The maximum atomic E-state index is 5.82. The summed E-state index contributed by atoms with van der Waals surface area (Å²) in [5.74, 6) is 7.61. The highest BCUT2D eigenvalue weighted by atomic mass is 15.2. The zero-order chi connectivity index (χ0) is 13.4. The van der Waals surface area contributed by atoms with E-state index < -0.39 is 0 Å². The molecule has 19 heavy (non-hydrogen) atoms. The molecule has 5 heteroatoms. The van der Waals surface area contributed by atoms with Crippen LogP contribution in [0.1, 0.15) is 31.5 Å². The number of aryl methyl sites for hydroxylation is 1. The highest BCUT2D eigenvalue weighted by Crippen LogP contribution is 2.39. The van der Waals surface area contributed by atoms with Crippen LogP contribution in [0.2, 0.25) is 0 Å². The fourth-order valence-electron chi connectivity index (χ4n) is 3.93. The maximum Gasteiger partial charge on any atom is 0.109 e. The molecule has 106 valence electrons. The van der Waals surface area contributed by atoms with E-state index >= 15 is 0 Å². The lowest BCUT2D eigenvalue weighted by molar-refractivity contribution is 0.111. The highest BCUT2D eigenvalue weighted by Gasteiger charge is 2.40. The third-order valence-electron chi connectivity index (χ3n) is 5.24. The van der Waals surface area contributed by atoms with Gasteiger partial charge in [-0.2, -0.15) is 0 Å². The monoisotopic (exact) mass is 263 g/mol. The van der Waals surface area contributed by atoms with Gasteiger partial charge in [0.25, 0.3) is 0 Å². The highest BCUT2D eigenvalue weighted by molar-refractivity contribution is 5.00. The fraction of sp³-hybridized carbons (Fsp3) is 0.786. The van der Waals surface area contributed by atoms with Crippen LogP contribution in [0.4, 0.5) is 0 Å². The Hall–Kier alpha value is -0.910. The number of piperidine rings is 1. The molecule has 2 fully saturated rings. The molecule has 2 saturated heterocycles. The largest absolute Gasteiger partial charge is 0.338 e. The van der Waals surface area contributed by atoms with Crippen molar-refractivity contribution in [3.8, 4) is 0 Å². The molecule has 2 aliphatic heterocycles. The lowest BCUT2D eigenvalue weighted by atomic mass is 9.84. The summed E-state index contributed by atoms with van der Waals surface area (Å²) in [6.45, 7) is 0. The third kappa shape index (κ3) is 2.42. The smallest absolute Gasteiger partial charge is 0.109 e. The van der Waals surface area contributed by atoms with Gasteiger partial charge in [0.2, 0.25) is 0 Å². The van der Waals surface area contributed by atoms with Crippen molar-refractivity contribution < 1.29 is 0 Å². The number of fused-ring (bicyclic) bond motifs is 2. The molecule has 0 aromatic carbocycles. The minimum atomic E-state index is 0.345. The molecule has 3 rings (SSSR count). The summed E-state index contributed by atoms with van der Waals surface area (Å²) in [5, 5.41) is 0. The van der Waals surface area contributed by atoms with Gasteiger partial charge in [0.05, 0.1) is 0 Å². The minimum Gasteiger partial charge on any atom is -0.338 e. The average molecular weight is 263 g/mol. The normalized spacial score (nSPS) is 32.7. The van der Waals surface area contributed by atoms with Crippen molar-refractivity contribution in [2.24, 2.45) is 18.8 Å². The zero-order valence-electron chi connectivity index (χ0n) is 11.9. The molecular weight excluding hydrogens is 238 g/mol. The van der Waals surface area contributed by atoms with E-state index in [-0.39, 0.29) is 0 Å². The number of imidazole rings is 1. The van der Waals surface area contributed by atoms with Crippen molar-refractivity contribution in [2.45, 2.75) is 50.2 Å². The van der Waals surface area contributed by atoms with Crippen LogP contribution in [-0.4, -0.2) is 39.6 Å². The van der Waals surface area contributed by atoms with E-state index in [4.69, 9.17) is 5.84 Å². The van der Waals surface area contributed by atoms with Crippen LogP contribution in [0.3, 0.4) is 0 Å². The van der Waals surface area contributed by atoms with Gasteiger partial charge < -0.3 is 9.47 Å². The molecule has 0 aliphatic carbocycles. The number of hydrogen-bond acceptors (Lipinski definition) is 4. The topological polar surface area (TPSA) is 59.1 Å². The summed E-state index contributed by atoms with van der Waals surface area (Å²) in [6.07, 6.45) is 10.0. The fourth-order valence-corrected chi connectivity index (χ4v) is 3.93. The van der Waals surface area contributed by atoms with E-state index in [1.165, 1.54) is 25.7 Å². The van der Waals surface area contributed by atoms with Gasteiger partial charge in [-0.3, -0.25) is 11.3 Å². The Morgan fingerprint density at radius 2 is 2.05 bits per heavy atom. The van der Waals surface area contributed by atoms with Gasteiger partial charge in [0.1, 0.15) is 5.82 Å². The Labute approximate surface area is 115 Å². The molecule has 3 heterocycles. The molecule has 5 nitrogen and oxygen atoms in total. The SMILES string of the molecule is CN1C2CCC1CC(C(Cc1nccn1C)NN)C2. The Balaban J connectivity index is 1.68. The van der Waals surface area contributed by atoms with Gasteiger partial charge >= 0.3 is 0 Å². The van der Waals surface area contributed by atoms with Gasteiger partial charge in [0, 0.05) is 44.0 Å². The Kier molecular flexibility index (Phi) is 3.60. The summed E-state index contributed by atoms with van der Waals surface area (Å²) >= 11 is 0. The molecule has 0 saturated carbocycles. The third-order valence-corrected chi connectivity index (χ3v) is 5.24. The first kappa shape index (κ1) is 13.1.